The molecule has 186 valence electrons. The first-order valence-electron chi connectivity index (χ1n) is 12.1. The van der Waals surface area contributed by atoms with Crippen LogP contribution in [0.3, 0.4) is 0 Å². The minimum absolute atomic E-state index is 0.174. The molecule has 1 aliphatic rings. The quantitative estimate of drug-likeness (QED) is 0.228. The molecular formula is C26H32N4O3S2. The van der Waals surface area contributed by atoms with Crippen molar-refractivity contribution in [1.29, 1.82) is 0 Å². The lowest BCUT2D eigenvalue weighted by atomic mass is 10.0. The van der Waals surface area contributed by atoms with E-state index in [-0.39, 0.29) is 17.6 Å². The largest absolute Gasteiger partial charge is 0.465 e. The lowest BCUT2D eigenvalue weighted by Gasteiger charge is -2.10. The van der Waals surface area contributed by atoms with Gasteiger partial charge < -0.3 is 14.6 Å². The standard InChI is InChI=1S/C26H32N4O3S2/c1-5-30-23(18-13-11-17(12-14-18)16(2)3)28-29-26(30)34-15-21(31)27-24-22(25(32)33-4)19-9-7-6-8-10-20(19)35-24/h11-14,16H,5-10,15H2,1-4H3,(H,27,31). The van der Waals surface area contributed by atoms with Gasteiger partial charge in [-0.15, -0.1) is 21.5 Å². The van der Waals surface area contributed by atoms with Gasteiger partial charge >= 0.3 is 5.97 Å². The fourth-order valence-electron chi connectivity index (χ4n) is 4.35. The van der Waals surface area contributed by atoms with Crippen LogP contribution in [0.4, 0.5) is 5.00 Å². The Hall–Kier alpha value is -2.65. The Kier molecular flexibility index (Phi) is 8.28. The number of thiophene rings is 1. The minimum atomic E-state index is -0.383. The summed E-state index contributed by atoms with van der Waals surface area (Å²) in [4.78, 5) is 26.6. The Labute approximate surface area is 214 Å². The molecule has 0 fully saturated rings. The van der Waals surface area contributed by atoms with Crippen molar-refractivity contribution in [3.8, 4) is 11.4 Å². The Morgan fingerprint density at radius 3 is 2.57 bits per heavy atom. The Balaban J connectivity index is 1.47. The number of aryl methyl sites for hydroxylation is 1. The van der Waals surface area contributed by atoms with E-state index < -0.39 is 0 Å². The third kappa shape index (κ3) is 5.62. The molecule has 35 heavy (non-hydrogen) atoms. The average Bonchev–Trinajstić information content (AvgIpc) is 3.34. The van der Waals surface area contributed by atoms with Crippen LogP contribution >= 0.6 is 23.1 Å². The second-order valence-electron chi connectivity index (χ2n) is 8.92. The third-order valence-corrected chi connectivity index (χ3v) is 8.44. The van der Waals surface area contributed by atoms with Gasteiger partial charge in [-0.1, -0.05) is 56.3 Å². The number of aromatic nitrogens is 3. The molecular weight excluding hydrogens is 480 g/mol. The van der Waals surface area contributed by atoms with E-state index in [9.17, 15) is 9.59 Å². The zero-order chi connectivity index (χ0) is 24.9. The number of fused-ring (bicyclic) bond motifs is 1. The molecule has 1 aromatic carbocycles. The van der Waals surface area contributed by atoms with E-state index in [1.807, 2.05) is 11.5 Å². The number of benzene rings is 1. The van der Waals surface area contributed by atoms with E-state index in [1.165, 1.54) is 40.6 Å². The van der Waals surface area contributed by atoms with E-state index in [2.05, 4.69) is 53.6 Å². The van der Waals surface area contributed by atoms with Crippen LogP contribution in [0.15, 0.2) is 29.4 Å². The highest BCUT2D eigenvalue weighted by Gasteiger charge is 2.26. The van der Waals surface area contributed by atoms with Gasteiger partial charge in [0.1, 0.15) is 5.00 Å². The number of methoxy groups -OCH3 is 1. The molecule has 0 spiro atoms. The first-order chi connectivity index (χ1) is 16.9. The first-order valence-corrected chi connectivity index (χ1v) is 13.9. The van der Waals surface area contributed by atoms with Crippen molar-refractivity contribution in [2.24, 2.45) is 0 Å². The van der Waals surface area contributed by atoms with Crippen LogP contribution in [0.1, 0.15) is 72.3 Å². The summed E-state index contributed by atoms with van der Waals surface area (Å²) in [5, 5.41) is 13.0. The van der Waals surface area contributed by atoms with Crippen molar-refractivity contribution in [3.05, 3.63) is 45.8 Å². The van der Waals surface area contributed by atoms with Crippen molar-refractivity contribution in [3.63, 3.8) is 0 Å². The summed E-state index contributed by atoms with van der Waals surface area (Å²) in [5.41, 5.74) is 3.85. The summed E-state index contributed by atoms with van der Waals surface area (Å²) in [6.07, 6.45) is 5.09. The Bertz CT molecular complexity index is 1200. The predicted octanol–water partition coefficient (Wildman–Crippen LogP) is 5.94. The number of carbonyl (C=O) groups is 2. The average molecular weight is 513 g/mol. The van der Waals surface area contributed by atoms with Gasteiger partial charge in [-0.25, -0.2) is 4.79 Å². The molecule has 7 nitrogen and oxygen atoms in total. The summed E-state index contributed by atoms with van der Waals surface area (Å²) in [5.74, 6) is 0.876. The highest BCUT2D eigenvalue weighted by molar-refractivity contribution is 7.99. The monoisotopic (exact) mass is 512 g/mol. The number of anilines is 1. The van der Waals surface area contributed by atoms with Gasteiger partial charge in [0.2, 0.25) is 5.91 Å². The lowest BCUT2D eigenvalue weighted by molar-refractivity contribution is -0.113. The summed E-state index contributed by atoms with van der Waals surface area (Å²) in [7, 11) is 1.38. The molecule has 4 rings (SSSR count). The van der Waals surface area contributed by atoms with E-state index in [1.54, 1.807) is 0 Å². The highest BCUT2D eigenvalue weighted by Crippen LogP contribution is 2.38. The van der Waals surface area contributed by atoms with Crippen LogP contribution in [0, 0.1) is 0 Å². The van der Waals surface area contributed by atoms with Gasteiger partial charge in [0.05, 0.1) is 18.4 Å². The SMILES string of the molecule is CCn1c(SCC(=O)Nc2sc3c(c2C(=O)OC)CCCCC3)nnc1-c1ccc(C(C)C)cc1. The number of amides is 1. The zero-order valence-corrected chi connectivity index (χ0v) is 22.4. The molecule has 0 saturated carbocycles. The normalized spacial score (nSPS) is 13.4. The number of rotatable bonds is 8. The minimum Gasteiger partial charge on any atom is -0.465 e. The van der Waals surface area contributed by atoms with Gasteiger partial charge in [0.15, 0.2) is 11.0 Å². The second kappa shape index (κ2) is 11.4. The van der Waals surface area contributed by atoms with Crippen LogP contribution in [0.2, 0.25) is 0 Å². The topological polar surface area (TPSA) is 86.1 Å². The number of carbonyl (C=O) groups excluding carboxylic acids is 2. The predicted molar refractivity (Wildman–Crippen MR) is 141 cm³/mol. The number of hydrogen-bond acceptors (Lipinski definition) is 7. The fourth-order valence-corrected chi connectivity index (χ4v) is 6.45. The molecule has 1 aliphatic carbocycles. The van der Waals surface area contributed by atoms with Crippen LogP contribution < -0.4 is 5.32 Å². The van der Waals surface area contributed by atoms with E-state index in [0.717, 1.165) is 49.1 Å². The maximum absolute atomic E-state index is 12.9. The van der Waals surface area contributed by atoms with Gasteiger partial charge in [0.25, 0.3) is 0 Å². The molecule has 0 atom stereocenters. The number of ether oxygens (including phenoxy) is 1. The maximum atomic E-state index is 12.9. The van der Waals surface area contributed by atoms with Crippen molar-refractivity contribution in [2.45, 2.75) is 70.5 Å². The van der Waals surface area contributed by atoms with Gasteiger partial charge in [-0.3, -0.25) is 4.79 Å². The van der Waals surface area contributed by atoms with Crippen LogP contribution in [-0.4, -0.2) is 39.5 Å². The molecule has 1 N–H and O–H groups in total. The highest BCUT2D eigenvalue weighted by atomic mass is 32.2. The van der Waals surface area contributed by atoms with Crippen LogP contribution in [-0.2, 0) is 28.9 Å². The molecule has 0 unspecified atom stereocenters. The maximum Gasteiger partial charge on any atom is 0.341 e. The molecule has 2 aromatic heterocycles. The fraction of sp³-hybridized carbons (Fsp3) is 0.462. The van der Waals surface area contributed by atoms with Gasteiger partial charge in [0, 0.05) is 17.0 Å². The van der Waals surface area contributed by atoms with Crippen LogP contribution in [0.5, 0.6) is 0 Å². The smallest absolute Gasteiger partial charge is 0.341 e. The summed E-state index contributed by atoms with van der Waals surface area (Å²) < 4.78 is 7.06. The number of nitrogens with zero attached hydrogens (tertiary/aromatic N) is 3. The van der Waals surface area contributed by atoms with Crippen molar-refractivity contribution in [2.75, 3.05) is 18.2 Å². The molecule has 0 aliphatic heterocycles. The van der Waals surface area contributed by atoms with Gasteiger partial charge in [-0.05, 0) is 49.7 Å². The number of esters is 1. The molecule has 9 heteroatoms. The Morgan fingerprint density at radius 1 is 1.14 bits per heavy atom. The van der Waals surface area contributed by atoms with E-state index in [4.69, 9.17) is 4.74 Å². The number of nitrogens with one attached hydrogen (secondary N) is 1. The van der Waals surface area contributed by atoms with Crippen LogP contribution in [0.25, 0.3) is 11.4 Å². The molecule has 3 aromatic rings. The van der Waals surface area contributed by atoms with Gasteiger partial charge in [-0.2, -0.15) is 0 Å². The summed E-state index contributed by atoms with van der Waals surface area (Å²) in [6.45, 7) is 7.08. The first kappa shape index (κ1) is 25.4. The molecule has 0 radical (unpaired) electrons. The van der Waals surface area contributed by atoms with Crippen molar-refractivity contribution >= 4 is 40.0 Å². The van der Waals surface area contributed by atoms with E-state index in [0.29, 0.717) is 28.2 Å². The number of thioether (sulfide) groups is 1. The zero-order valence-electron chi connectivity index (χ0n) is 20.7. The van der Waals surface area contributed by atoms with Crippen molar-refractivity contribution < 1.29 is 14.3 Å². The lowest BCUT2D eigenvalue weighted by Crippen LogP contribution is -2.16. The Morgan fingerprint density at radius 2 is 1.89 bits per heavy atom. The molecule has 0 bridgehead atoms. The summed E-state index contributed by atoms with van der Waals surface area (Å²) in [6, 6.07) is 8.39. The third-order valence-electron chi connectivity index (χ3n) is 6.26. The van der Waals surface area contributed by atoms with Crippen molar-refractivity contribution in [1.82, 2.24) is 14.8 Å². The van der Waals surface area contributed by atoms with E-state index >= 15 is 0 Å². The second-order valence-corrected chi connectivity index (χ2v) is 11.0. The summed E-state index contributed by atoms with van der Waals surface area (Å²) >= 11 is 2.85. The number of hydrogen-bond donors (Lipinski definition) is 1. The molecule has 2 heterocycles. The molecule has 0 saturated heterocycles. The molecule has 1 amide bonds.